The third kappa shape index (κ3) is 2.91. The van der Waals surface area contributed by atoms with Crippen LogP contribution in [0.15, 0.2) is 12.1 Å². The Labute approximate surface area is 134 Å². The van der Waals surface area contributed by atoms with Crippen molar-refractivity contribution in [2.45, 2.75) is 20.3 Å². The topological polar surface area (TPSA) is 41.1 Å². The molecule has 1 aromatic carbocycles. The van der Waals surface area contributed by atoms with Crippen LogP contribution in [0.2, 0.25) is 15.1 Å². The van der Waals surface area contributed by atoms with E-state index in [1.54, 1.807) is 12.1 Å². The molecule has 0 spiro atoms. The molecule has 2 rings (SSSR count). The molecule has 110 valence electrons. The van der Waals surface area contributed by atoms with Crippen molar-refractivity contribution in [2.24, 2.45) is 11.3 Å². The second-order valence-electron chi connectivity index (χ2n) is 5.44. The molecule has 1 amide bonds. The van der Waals surface area contributed by atoms with Crippen molar-refractivity contribution in [3.8, 4) is 0 Å². The van der Waals surface area contributed by atoms with E-state index in [1.807, 2.05) is 0 Å². The standard InChI is InChI=1S/C14H17Cl3N2O/c1-8(2)14(3-4-18-7-14)13(20)19-12-10(16)5-9(15)6-11(12)17/h5-6,8,18H,3-4,7H2,1-2H3,(H,19,20). The maximum absolute atomic E-state index is 12.7. The van der Waals surface area contributed by atoms with Crippen molar-refractivity contribution >= 4 is 46.4 Å². The highest BCUT2D eigenvalue weighted by molar-refractivity contribution is 6.42. The zero-order valence-corrected chi connectivity index (χ0v) is 13.7. The molecule has 1 fully saturated rings. The maximum Gasteiger partial charge on any atom is 0.232 e. The van der Waals surface area contributed by atoms with Gasteiger partial charge in [-0.25, -0.2) is 0 Å². The number of rotatable bonds is 3. The third-order valence-corrected chi connectivity index (χ3v) is 4.81. The zero-order chi connectivity index (χ0) is 14.9. The largest absolute Gasteiger partial charge is 0.323 e. The first-order valence-corrected chi connectivity index (χ1v) is 7.67. The number of benzene rings is 1. The molecule has 0 aliphatic carbocycles. The number of hydrogen-bond donors (Lipinski definition) is 2. The minimum Gasteiger partial charge on any atom is -0.323 e. The maximum atomic E-state index is 12.7. The van der Waals surface area contributed by atoms with E-state index in [4.69, 9.17) is 34.8 Å². The lowest BCUT2D eigenvalue weighted by molar-refractivity contribution is -0.126. The van der Waals surface area contributed by atoms with Crippen LogP contribution in [0.25, 0.3) is 0 Å². The van der Waals surface area contributed by atoms with Gasteiger partial charge in [0.2, 0.25) is 5.91 Å². The molecule has 2 N–H and O–H groups in total. The lowest BCUT2D eigenvalue weighted by Crippen LogP contribution is -2.42. The lowest BCUT2D eigenvalue weighted by Gasteiger charge is -2.31. The smallest absolute Gasteiger partial charge is 0.232 e. The number of halogens is 3. The molecule has 3 nitrogen and oxygen atoms in total. The monoisotopic (exact) mass is 334 g/mol. The molecule has 1 aliphatic heterocycles. The van der Waals surface area contributed by atoms with Crippen LogP contribution >= 0.6 is 34.8 Å². The van der Waals surface area contributed by atoms with Crippen LogP contribution in [0.1, 0.15) is 20.3 Å². The van der Waals surface area contributed by atoms with Crippen LogP contribution in [0.3, 0.4) is 0 Å². The predicted octanol–water partition coefficient (Wildman–Crippen LogP) is 4.22. The van der Waals surface area contributed by atoms with E-state index >= 15 is 0 Å². The van der Waals surface area contributed by atoms with E-state index in [0.29, 0.717) is 27.3 Å². The Balaban J connectivity index is 2.28. The Morgan fingerprint density at radius 2 is 1.90 bits per heavy atom. The highest BCUT2D eigenvalue weighted by atomic mass is 35.5. The Morgan fingerprint density at radius 1 is 1.30 bits per heavy atom. The summed E-state index contributed by atoms with van der Waals surface area (Å²) in [6, 6.07) is 3.14. The summed E-state index contributed by atoms with van der Waals surface area (Å²) in [5, 5.41) is 7.26. The van der Waals surface area contributed by atoms with E-state index in [1.165, 1.54) is 0 Å². The van der Waals surface area contributed by atoms with Crippen molar-refractivity contribution in [3.05, 3.63) is 27.2 Å². The summed E-state index contributed by atoms with van der Waals surface area (Å²) in [4.78, 5) is 12.7. The molecule has 0 aromatic heterocycles. The van der Waals surface area contributed by atoms with Gasteiger partial charge in [-0.05, 0) is 31.0 Å². The van der Waals surface area contributed by atoms with Gasteiger partial charge in [-0.3, -0.25) is 4.79 Å². The van der Waals surface area contributed by atoms with Gasteiger partial charge < -0.3 is 10.6 Å². The van der Waals surface area contributed by atoms with E-state index in [0.717, 1.165) is 13.0 Å². The molecule has 0 radical (unpaired) electrons. The first-order valence-electron chi connectivity index (χ1n) is 6.53. The summed E-state index contributed by atoms with van der Waals surface area (Å²) in [5.74, 6) is 0.172. The summed E-state index contributed by atoms with van der Waals surface area (Å²) >= 11 is 18.1. The van der Waals surface area contributed by atoms with Crippen molar-refractivity contribution in [1.29, 1.82) is 0 Å². The molecular formula is C14H17Cl3N2O. The Morgan fingerprint density at radius 3 is 2.35 bits per heavy atom. The second-order valence-corrected chi connectivity index (χ2v) is 6.69. The van der Waals surface area contributed by atoms with Crippen molar-refractivity contribution in [2.75, 3.05) is 18.4 Å². The molecule has 1 aliphatic rings. The van der Waals surface area contributed by atoms with Gasteiger partial charge >= 0.3 is 0 Å². The summed E-state index contributed by atoms with van der Waals surface area (Å²) in [5.41, 5.74) is 0.00130. The Bertz CT molecular complexity index is 502. The van der Waals surface area contributed by atoms with Crippen LogP contribution in [0.4, 0.5) is 5.69 Å². The fourth-order valence-electron chi connectivity index (χ4n) is 2.56. The predicted molar refractivity (Wildman–Crippen MR) is 84.9 cm³/mol. The summed E-state index contributed by atoms with van der Waals surface area (Å²) < 4.78 is 0. The lowest BCUT2D eigenvalue weighted by atomic mass is 9.75. The van der Waals surface area contributed by atoms with E-state index < -0.39 is 5.41 Å². The zero-order valence-electron chi connectivity index (χ0n) is 11.4. The molecule has 1 unspecified atom stereocenters. The SMILES string of the molecule is CC(C)C1(C(=O)Nc2c(Cl)cc(Cl)cc2Cl)CCNC1. The molecule has 0 saturated carbocycles. The van der Waals surface area contributed by atoms with Crippen LogP contribution in [-0.4, -0.2) is 19.0 Å². The number of nitrogens with one attached hydrogen (secondary N) is 2. The number of carbonyl (C=O) groups excluding carboxylic acids is 1. The fraction of sp³-hybridized carbons (Fsp3) is 0.500. The summed E-state index contributed by atoms with van der Waals surface area (Å²) in [7, 11) is 0. The van der Waals surface area contributed by atoms with Gasteiger partial charge in [0, 0.05) is 11.6 Å². The minimum atomic E-state index is -0.424. The molecule has 1 atom stereocenters. The van der Waals surface area contributed by atoms with Gasteiger partial charge in [-0.1, -0.05) is 48.7 Å². The Hall–Kier alpha value is -0.480. The van der Waals surface area contributed by atoms with E-state index in [9.17, 15) is 4.79 Å². The first-order chi connectivity index (χ1) is 9.36. The minimum absolute atomic E-state index is 0.0522. The highest BCUT2D eigenvalue weighted by Crippen LogP contribution is 2.38. The molecule has 1 heterocycles. The van der Waals surface area contributed by atoms with Crippen molar-refractivity contribution in [3.63, 3.8) is 0 Å². The van der Waals surface area contributed by atoms with Crippen LogP contribution in [0, 0.1) is 11.3 Å². The van der Waals surface area contributed by atoms with Gasteiger partial charge in [-0.2, -0.15) is 0 Å². The number of anilines is 1. The number of amides is 1. The normalized spacial score (nSPS) is 22.3. The van der Waals surface area contributed by atoms with Gasteiger partial charge in [0.15, 0.2) is 0 Å². The molecule has 1 saturated heterocycles. The molecule has 6 heteroatoms. The molecule has 20 heavy (non-hydrogen) atoms. The van der Waals surface area contributed by atoms with Gasteiger partial charge in [-0.15, -0.1) is 0 Å². The first kappa shape index (κ1) is 15.9. The van der Waals surface area contributed by atoms with Crippen molar-refractivity contribution in [1.82, 2.24) is 5.32 Å². The Kier molecular flexibility index (Phi) is 4.85. The average Bonchev–Trinajstić information content (AvgIpc) is 2.83. The van der Waals surface area contributed by atoms with Crippen molar-refractivity contribution < 1.29 is 4.79 Å². The quantitative estimate of drug-likeness (QED) is 0.868. The average molecular weight is 336 g/mol. The highest BCUT2D eigenvalue weighted by Gasteiger charge is 2.44. The molecular weight excluding hydrogens is 319 g/mol. The van der Waals surface area contributed by atoms with Crippen LogP contribution in [0.5, 0.6) is 0 Å². The van der Waals surface area contributed by atoms with Gasteiger partial charge in [0.25, 0.3) is 0 Å². The fourth-order valence-corrected chi connectivity index (χ4v) is 3.47. The molecule has 0 bridgehead atoms. The van der Waals surface area contributed by atoms with Crippen LogP contribution < -0.4 is 10.6 Å². The number of hydrogen-bond acceptors (Lipinski definition) is 2. The summed E-state index contributed by atoms with van der Waals surface area (Å²) in [6.07, 6.45) is 0.805. The van der Waals surface area contributed by atoms with Crippen LogP contribution in [-0.2, 0) is 4.79 Å². The van der Waals surface area contributed by atoms with Gasteiger partial charge in [0.05, 0.1) is 21.1 Å². The molecule has 1 aromatic rings. The number of carbonyl (C=O) groups is 1. The van der Waals surface area contributed by atoms with E-state index in [2.05, 4.69) is 24.5 Å². The second kappa shape index (κ2) is 6.10. The third-order valence-electron chi connectivity index (χ3n) is 3.99. The summed E-state index contributed by atoms with van der Waals surface area (Å²) in [6.45, 7) is 5.61. The van der Waals surface area contributed by atoms with Gasteiger partial charge in [0.1, 0.15) is 0 Å². The van der Waals surface area contributed by atoms with E-state index in [-0.39, 0.29) is 11.8 Å².